The third kappa shape index (κ3) is 0.939. The summed E-state index contributed by atoms with van der Waals surface area (Å²) in [5, 5.41) is 6.86. The van der Waals surface area contributed by atoms with E-state index in [1.807, 2.05) is 24.3 Å². The van der Waals surface area contributed by atoms with Crippen LogP contribution in [0.5, 0.6) is 0 Å². The Labute approximate surface area is 80.0 Å². The highest BCUT2D eigenvalue weighted by molar-refractivity contribution is 5.90. The minimum atomic E-state index is 0.969. The van der Waals surface area contributed by atoms with Crippen LogP contribution in [0.3, 0.4) is 0 Å². The van der Waals surface area contributed by atoms with Gasteiger partial charge in [0.2, 0.25) is 0 Å². The molecule has 2 aromatic heterocycles. The van der Waals surface area contributed by atoms with Gasteiger partial charge in [0.25, 0.3) is 0 Å². The van der Waals surface area contributed by atoms with Gasteiger partial charge in [-0.05, 0) is 12.1 Å². The van der Waals surface area contributed by atoms with Crippen LogP contribution in [-0.2, 0) is 0 Å². The summed E-state index contributed by atoms with van der Waals surface area (Å²) in [7, 11) is 0. The van der Waals surface area contributed by atoms with E-state index in [2.05, 4.69) is 20.2 Å². The van der Waals surface area contributed by atoms with Crippen molar-refractivity contribution in [3.8, 4) is 11.3 Å². The molecular weight excluding hydrogens is 176 g/mol. The van der Waals surface area contributed by atoms with Gasteiger partial charge in [0.1, 0.15) is 0 Å². The predicted molar refractivity (Wildman–Crippen MR) is 53.7 cm³/mol. The molecule has 3 aromatic rings. The first kappa shape index (κ1) is 7.32. The van der Waals surface area contributed by atoms with Gasteiger partial charge in [-0.25, -0.2) is 4.98 Å². The number of para-hydroxylation sites is 1. The SMILES string of the molecule is c1cc(-c2ccn[nH]2)c2nc[nH]c2c1. The molecule has 0 atom stereocenters. The summed E-state index contributed by atoms with van der Waals surface area (Å²) in [6, 6.07) is 7.96. The van der Waals surface area contributed by atoms with Crippen molar-refractivity contribution in [1.82, 2.24) is 20.2 Å². The molecule has 14 heavy (non-hydrogen) atoms. The smallest absolute Gasteiger partial charge is 0.0976 e. The Hall–Kier alpha value is -2.10. The molecule has 0 amide bonds. The van der Waals surface area contributed by atoms with Gasteiger partial charge < -0.3 is 4.98 Å². The molecular formula is C10H8N4. The van der Waals surface area contributed by atoms with Gasteiger partial charge in [0.05, 0.1) is 23.1 Å². The lowest BCUT2D eigenvalue weighted by molar-refractivity contribution is 1.10. The molecule has 0 saturated heterocycles. The Balaban J connectivity index is 2.36. The fraction of sp³-hybridized carbons (Fsp3) is 0. The highest BCUT2D eigenvalue weighted by Crippen LogP contribution is 2.23. The lowest BCUT2D eigenvalue weighted by atomic mass is 10.1. The molecule has 2 heterocycles. The molecule has 0 radical (unpaired) electrons. The zero-order chi connectivity index (χ0) is 9.38. The second-order valence-corrected chi connectivity index (χ2v) is 3.07. The van der Waals surface area contributed by atoms with Crippen molar-refractivity contribution >= 4 is 11.0 Å². The third-order valence-electron chi connectivity index (χ3n) is 2.24. The lowest BCUT2D eigenvalue weighted by Gasteiger charge is -1.97. The number of hydrogen-bond acceptors (Lipinski definition) is 2. The predicted octanol–water partition coefficient (Wildman–Crippen LogP) is 1.95. The molecule has 0 saturated carbocycles. The molecule has 0 unspecified atom stereocenters. The number of aromatic nitrogens is 4. The maximum Gasteiger partial charge on any atom is 0.0976 e. The summed E-state index contributed by atoms with van der Waals surface area (Å²) in [6.45, 7) is 0. The van der Waals surface area contributed by atoms with Gasteiger partial charge >= 0.3 is 0 Å². The zero-order valence-electron chi connectivity index (χ0n) is 7.36. The van der Waals surface area contributed by atoms with Gasteiger partial charge in [-0.2, -0.15) is 5.10 Å². The Morgan fingerprint density at radius 3 is 3.00 bits per heavy atom. The first-order valence-corrected chi connectivity index (χ1v) is 4.37. The minimum Gasteiger partial charge on any atom is -0.345 e. The quantitative estimate of drug-likeness (QED) is 0.607. The van der Waals surface area contributed by atoms with E-state index >= 15 is 0 Å². The standard InChI is InChI=1S/C10H8N4/c1-2-7(8-4-5-13-14-8)10-9(3-1)11-6-12-10/h1-6H,(H,11,12)(H,13,14). The van der Waals surface area contributed by atoms with Crippen molar-refractivity contribution in [1.29, 1.82) is 0 Å². The number of benzene rings is 1. The van der Waals surface area contributed by atoms with Crippen LogP contribution in [0.2, 0.25) is 0 Å². The lowest BCUT2D eigenvalue weighted by Crippen LogP contribution is -1.80. The topological polar surface area (TPSA) is 57.4 Å². The molecule has 0 aliphatic rings. The van der Waals surface area contributed by atoms with Crippen LogP contribution in [0, 0.1) is 0 Å². The van der Waals surface area contributed by atoms with E-state index in [4.69, 9.17) is 0 Å². The van der Waals surface area contributed by atoms with Gasteiger partial charge in [-0.1, -0.05) is 12.1 Å². The summed E-state index contributed by atoms with van der Waals surface area (Å²) in [5.74, 6) is 0. The number of rotatable bonds is 1. The minimum absolute atomic E-state index is 0.969. The molecule has 0 aliphatic carbocycles. The molecule has 0 aliphatic heterocycles. The van der Waals surface area contributed by atoms with Gasteiger partial charge in [-0.3, -0.25) is 5.10 Å². The Kier molecular flexibility index (Phi) is 1.41. The number of nitrogens with zero attached hydrogens (tertiary/aromatic N) is 2. The van der Waals surface area contributed by atoms with Crippen molar-refractivity contribution in [2.24, 2.45) is 0 Å². The van der Waals surface area contributed by atoms with Crippen LogP contribution >= 0.6 is 0 Å². The van der Waals surface area contributed by atoms with Crippen LogP contribution < -0.4 is 0 Å². The van der Waals surface area contributed by atoms with E-state index < -0.39 is 0 Å². The first-order valence-electron chi connectivity index (χ1n) is 4.37. The molecule has 0 fully saturated rings. The second kappa shape index (κ2) is 2.70. The third-order valence-corrected chi connectivity index (χ3v) is 2.24. The van der Waals surface area contributed by atoms with E-state index in [0.29, 0.717) is 0 Å². The largest absolute Gasteiger partial charge is 0.345 e. The normalized spacial score (nSPS) is 10.9. The molecule has 4 heteroatoms. The summed E-state index contributed by atoms with van der Waals surface area (Å²) < 4.78 is 0. The van der Waals surface area contributed by atoms with E-state index in [1.54, 1.807) is 12.5 Å². The zero-order valence-corrected chi connectivity index (χ0v) is 7.36. The van der Waals surface area contributed by atoms with E-state index in [-0.39, 0.29) is 0 Å². The van der Waals surface area contributed by atoms with Crippen molar-refractivity contribution in [3.05, 3.63) is 36.8 Å². The number of imidazole rings is 1. The number of fused-ring (bicyclic) bond motifs is 1. The maximum absolute atomic E-state index is 4.27. The van der Waals surface area contributed by atoms with Gasteiger partial charge in [0.15, 0.2) is 0 Å². The van der Waals surface area contributed by atoms with Crippen molar-refractivity contribution in [3.63, 3.8) is 0 Å². The monoisotopic (exact) mass is 184 g/mol. The highest BCUT2D eigenvalue weighted by atomic mass is 15.1. The van der Waals surface area contributed by atoms with Gasteiger partial charge in [0, 0.05) is 11.8 Å². The number of H-pyrrole nitrogens is 2. The van der Waals surface area contributed by atoms with Crippen LogP contribution in [0.15, 0.2) is 36.8 Å². The van der Waals surface area contributed by atoms with Crippen LogP contribution in [0.1, 0.15) is 0 Å². The van der Waals surface area contributed by atoms with E-state index in [0.717, 1.165) is 22.3 Å². The van der Waals surface area contributed by atoms with Crippen molar-refractivity contribution in [2.75, 3.05) is 0 Å². The summed E-state index contributed by atoms with van der Waals surface area (Å²) >= 11 is 0. The molecule has 1 aromatic carbocycles. The highest BCUT2D eigenvalue weighted by Gasteiger charge is 2.05. The van der Waals surface area contributed by atoms with Crippen LogP contribution in [0.25, 0.3) is 22.3 Å². The van der Waals surface area contributed by atoms with Crippen molar-refractivity contribution in [2.45, 2.75) is 0 Å². The number of aromatic amines is 2. The summed E-state index contributed by atoms with van der Waals surface area (Å²) in [5.41, 5.74) is 4.07. The average Bonchev–Trinajstić information content (AvgIpc) is 2.88. The first-order chi connectivity index (χ1) is 6.95. The maximum atomic E-state index is 4.27. The summed E-state index contributed by atoms with van der Waals surface area (Å²) in [4.78, 5) is 7.35. The number of hydrogen-bond donors (Lipinski definition) is 2. The molecule has 3 rings (SSSR count). The van der Waals surface area contributed by atoms with Crippen LogP contribution in [0.4, 0.5) is 0 Å². The average molecular weight is 184 g/mol. The Morgan fingerprint density at radius 1 is 1.14 bits per heavy atom. The Morgan fingerprint density at radius 2 is 2.14 bits per heavy atom. The molecule has 0 bridgehead atoms. The fourth-order valence-electron chi connectivity index (χ4n) is 1.59. The van der Waals surface area contributed by atoms with E-state index in [1.165, 1.54) is 0 Å². The van der Waals surface area contributed by atoms with Gasteiger partial charge in [-0.15, -0.1) is 0 Å². The number of nitrogens with one attached hydrogen (secondary N) is 2. The molecule has 2 N–H and O–H groups in total. The Bertz CT molecular complexity index is 550. The summed E-state index contributed by atoms with van der Waals surface area (Å²) in [6.07, 6.45) is 3.44. The van der Waals surface area contributed by atoms with Crippen LogP contribution in [-0.4, -0.2) is 20.2 Å². The van der Waals surface area contributed by atoms with E-state index in [9.17, 15) is 0 Å². The molecule has 4 nitrogen and oxygen atoms in total. The molecule has 0 spiro atoms. The second-order valence-electron chi connectivity index (χ2n) is 3.07. The van der Waals surface area contributed by atoms with Crippen molar-refractivity contribution < 1.29 is 0 Å². The molecule has 68 valence electrons. The fourth-order valence-corrected chi connectivity index (χ4v) is 1.59.